The summed E-state index contributed by atoms with van der Waals surface area (Å²) in [6.07, 6.45) is -1.47. The Morgan fingerprint density at radius 1 is 0.710 bits per heavy atom. The molecule has 0 spiro atoms. The lowest BCUT2D eigenvalue weighted by Crippen LogP contribution is -2.23. The van der Waals surface area contributed by atoms with E-state index in [1.54, 1.807) is 0 Å². The van der Waals surface area contributed by atoms with Crippen molar-refractivity contribution in [2.45, 2.75) is 64.7 Å². The topological polar surface area (TPSA) is 115 Å². The van der Waals surface area contributed by atoms with Crippen LogP contribution in [0.2, 0.25) is 0 Å². The number of epoxide rings is 2. The van der Waals surface area contributed by atoms with E-state index in [-0.39, 0.29) is 38.6 Å². The van der Waals surface area contributed by atoms with Gasteiger partial charge in [0.15, 0.2) is 0 Å². The molecule has 2 saturated heterocycles. The predicted octanol–water partition coefficient (Wildman–Crippen LogP) is 1.87. The van der Waals surface area contributed by atoms with E-state index in [1.165, 1.54) is 0 Å². The van der Waals surface area contributed by atoms with Crippen molar-refractivity contribution < 1.29 is 34.6 Å². The van der Waals surface area contributed by atoms with E-state index in [0.717, 1.165) is 22.3 Å². The van der Waals surface area contributed by atoms with E-state index in [9.17, 15) is 20.4 Å². The molecule has 4 unspecified atom stereocenters. The number of aryl methyl sites for hydroxylation is 2. The maximum atomic E-state index is 10.0. The Labute approximate surface area is 181 Å². The molecule has 2 aromatic carbocycles. The lowest BCUT2D eigenvalue weighted by atomic mass is 9.90. The van der Waals surface area contributed by atoms with Gasteiger partial charge in [0.2, 0.25) is 0 Å². The second kappa shape index (κ2) is 9.34. The molecule has 0 radical (unpaired) electrons. The van der Waals surface area contributed by atoms with Gasteiger partial charge in [0.1, 0.15) is 24.4 Å². The van der Waals surface area contributed by atoms with Crippen LogP contribution in [-0.2, 0) is 40.6 Å². The van der Waals surface area contributed by atoms with E-state index < -0.39 is 12.2 Å². The molecule has 2 aliphatic rings. The number of hydrogen-bond donors (Lipinski definition) is 4. The van der Waals surface area contributed by atoms with Gasteiger partial charge in [-0.1, -0.05) is 35.4 Å². The number of benzene rings is 2. The van der Waals surface area contributed by atoms with E-state index >= 15 is 0 Å². The SMILES string of the molecule is Cc1cc(CO)c(C(OC(c2c(CO)cc(C)cc2CO)C2CO2)C2CO2)c(CO)c1. The van der Waals surface area contributed by atoms with Gasteiger partial charge in [0.05, 0.1) is 39.6 Å². The number of aliphatic hydroxyl groups excluding tert-OH is 4. The third-order valence-corrected chi connectivity index (χ3v) is 5.93. The zero-order valence-corrected chi connectivity index (χ0v) is 17.9. The first-order valence-corrected chi connectivity index (χ1v) is 10.6. The molecule has 2 aromatic rings. The second-order valence-corrected chi connectivity index (χ2v) is 8.35. The van der Waals surface area contributed by atoms with Crippen LogP contribution < -0.4 is 0 Å². The molecule has 2 aliphatic heterocycles. The zero-order valence-electron chi connectivity index (χ0n) is 17.9. The van der Waals surface area contributed by atoms with Crippen molar-refractivity contribution in [3.05, 3.63) is 68.8 Å². The maximum Gasteiger partial charge on any atom is 0.113 e. The smallest absolute Gasteiger partial charge is 0.113 e. The third kappa shape index (κ3) is 4.68. The third-order valence-electron chi connectivity index (χ3n) is 5.93. The van der Waals surface area contributed by atoms with Crippen LogP contribution in [-0.4, -0.2) is 45.8 Å². The molecule has 4 rings (SSSR count). The van der Waals surface area contributed by atoms with Crippen LogP contribution in [0.5, 0.6) is 0 Å². The fourth-order valence-electron chi connectivity index (χ4n) is 4.46. The minimum atomic E-state index is -0.529. The lowest BCUT2D eigenvalue weighted by Gasteiger charge is -2.29. The first-order chi connectivity index (χ1) is 15.0. The molecule has 31 heavy (non-hydrogen) atoms. The van der Waals surface area contributed by atoms with Crippen molar-refractivity contribution in [1.82, 2.24) is 0 Å². The van der Waals surface area contributed by atoms with Gasteiger partial charge >= 0.3 is 0 Å². The van der Waals surface area contributed by atoms with Crippen LogP contribution in [0.4, 0.5) is 0 Å². The van der Waals surface area contributed by atoms with Crippen LogP contribution in [0.1, 0.15) is 56.7 Å². The highest BCUT2D eigenvalue weighted by atomic mass is 16.6. The highest BCUT2D eigenvalue weighted by Crippen LogP contribution is 2.44. The molecule has 2 heterocycles. The Morgan fingerprint density at radius 3 is 1.23 bits per heavy atom. The summed E-state index contributed by atoms with van der Waals surface area (Å²) in [5.74, 6) is 0. The van der Waals surface area contributed by atoms with Crippen molar-refractivity contribution in [3.8, 4) is 0 Å². The van der Waals surface area contributed by atoms with E-state index in [4.69, 9.17) is 14.2 Å². The molecular formula is C24H30O7. The van der Waals surface area contributed by atoms with Crippen molar-refractivity contribution in [2.75, 3.05) is 13.2 Å². The first kappa shape index (κ1) is 22.4. The molecule has 4 N–H and O–H groups in total. The van der Waals surface area contributed by atoms with E-state index in [1.807, 2.05) is 38.1 Å². The van der Waals surface area contributed by atoms with Gasteiger partial charge in [-0.2, -0.15) is 0 Å². The normalized spacial score (nSPS) is 21.7. The number of aliphatic hydroxyl groups is 4. The van der Waals surface area contributed by atoms with Gasteiger partial charge in [-0.3, -0.25) is 0 Å². The number of hydrogen-bond acceptors (Lipinski definition) is 7. The average Bonchev–Trinajstić information content (AvgIpc) is 3.67. The van der Waals surface area contributed by atoms with Crippen LogP contribution in [0.15, 0.2) is 24.3 Å². The molecule has 0 aromatic heterocycles. The highest BCUT2D eigenvalue weighted by molar-refractivity contribution is 5.43. The van der Waals surface area contributed by atoms with Crippen LogP contribution in [0, 0.1) is 13.8 Å². The standard InChI is InChI=1S/C24H30O7/c1-13-3-15(7-25)21(16(4-13)8-26)23(19-11-29-19)31-24(20-12-30-20)22-17(9-27)5-14(2)6-18(22)10-28/h3-6,19-20,23-28H,7-12H2,1-2H3. The molecule has 4 atom stereocenters. The maximum absolute atomic E-state index is 10.0. The number of ether oxygens (including phenoxy) is 3. The molecule has 0 aliphatic carbocycles. The monoisotopic (exact) mass is 430 g/mol. The summed E-state index contributed by atoms with van der Waals surface area (Å²) >= 11 is 0. The molecule has 168 valence electrons. The Morgan fingerprint density at radius 2 is 1.00 bits per heavy atom. The summed E-state index contributed by atoms with van der Waals surface area (Å²) in [5.41, 5.74) is 6.10. The summed E-state index contributed by atoms with van der Waals surface area (Å²) < 4.78 is 17.8. The molecule has 0 bridgehead atoms. The molecule has 2 fully saturated rings. The van der Waals surface area contributed by atoms with Gasteiger partial charge in [0, 0.05) is 0 Å². The Hall–Kier alpha value is -1.84. The van der Waals surface area contributed by atoms with Gasteiger partial charge in [-0.15, -0.1) is 0 Å². The fraction of sp³-hybridized carbons (Fsp3) is 0.500. The van der Waals surface area contributed by atoms with Gasteiger partial charge < -0.3 is 34.6 Å². The second-order valence-electron chi connectivity index (χ2n) is 8.35. The van der Waals surface area contributed by atoms with Crippen LogP contribution in [0.25, 0.3) is 0 Å². The van der Waals surface area contributed by atoms with Gasteiger partial charge in [-0.05, 0) is 47.2 Å². The highest BCUT2D eigenvalue weighted by Gasteiger charge is 2.44. The molecule has 7 heteroatoms. The van der Waals surface area contributed by atoms with Crippen LogP contribution in [0.3, 0.4) is 0 Å². The summed E-state index contributed by atoms with van der Waals surface area (Å²) in [6.45, 7) is 4.12. The van der Waals surface area contributed by atoms with Crippen molar-refractivity contribution in [3.63, 3.8) is 0 Å². The summed E-state index contributed by atoms with van der Waals surface area (Å²) in [7, 11) is 0. The van der Waals surface area contributed by atoms with Gasteiger partial charge in [-0.25, -0.2) is 0 Å². The number of rotatable bonds is 10. The van der Waals surface area contributed by atoms with Crippen LogP contribution >= 0.6 is 0 Å². The molecular weight excluding hydrogens is 400 g/mol. The Kier molecular flexibility index (Phi) is 6.74. The summed E-state index contributed by atoms with van der Waals surface area (Å²) in [5, 5.41) is 40.1. The minimum absolute atomic E-state index is 0.185. The lowest BCUT2D eigenvalue weighted by molar-refractivity contribution is -0.0449. The molecule has 0 amide bonds. The summed E-state index contributed by atoms with van der Waals surface area (Å²) in [4.78, 5) is 0. The largest absolute Gasteiger partial charge is 0.392 e. The average molecular weight is 430 g/mol. The Balaban J connectivity index is 1.79. The fourth-order valence-corrected chi connectivity index (χ4v) is 4.46. The minimum Gasteiger partial charge on any atom is -0.392 e. The quantitative estimate of drug-likeness (QED) is 0.425. The molecule has 7 nitrogen and oxygen atoms in total. The van der Waals surface area contributed by atoms with E-state index in [0.29, 0.717) is 35.5 Å². The van der Waals surface area contributed by atoms with Crippen molar-refractivity contribution >= 4 is 0 Å². The summed E-state index contributed by atoms with van der Waals surface area (Å²) in [6, 6.07) is 7.56. The predicted molar refractivity (Wildman–Crippen MR) is 112 cm³/mol. The molecule has 0 saturated carbocycles. The van der Waals surface area contributed by atoms with Gasteiger partial charge in [0.25, 0.3) is 0 Å². The van der Waals surface area contributed by atoms with Crippen molar-refractivity contribution in [2.24, 2.45) is 0 Å². The Bertz CT molecular complexity index is 808. The van der Waals surface area contributed by atoms with Crippen molar-refractivity contribution in [1.29, 1.82) is 0 Å². The first-order valence-electron chi connectivity index (χ1n) is 10.6. The zero-order chi connectivity index (χ0) is 22.1. The van der Waals surface area contributed by atoms with E-state index in [2.05, 4.69) is 0 Å².